The molecular formula is C14H11FO2. The molecule has 0 aliphatic carbocycles. The summed E-state index contributed by atoms with van der Waals surface area (Å²) in [5, 5.41) is 1.83. The van der Waals surface area contributed by atoms with Crippen LogP contribution >= 0.6 is 0 Å². The molecule has 0 saturated heterocycles. The van der Waals surface area contributed by atoms with E-state index in [4.69, 9.17) is 0 Å². The largest absolute Gasteiger partial charge is 0.296 e. The minimum absolute atomic E-state index is 0.228. The zero-order valence-electron chi connectivity index (χ0n) is 9.31. The lowest BCUT2D eigenvalue weighted by molar-refractivity contribution is -0.120. The summed E-state index contributed by atoms with van der Waals surface area (Å²) in [6, 6.07) is 12.4. The lowest BCUT2D eigenvalue weighted by Crippen LogP contribution is -2.23. The molecule has 2 aromatic carbocycles. The number of carbonyl (C=O) groups excluding carboxylic acids is 2. The minimum atomic E-state index is -2.06. The van der Waals surface area contributed by atoms with Crippen LogP contribution in [0.3, 0.4) is 0 Å². The number of benzene rings is 2. The summed E-state index contributed by atoms with van der Waals surface area (Å²) in [5.41, 5.74) is 0.228. The van der Waals surface area contributed by atoms with Gasteiger partial charge in [-0.1, -0.05) is 36.4 Å². The van der Waals surface area contributed by atoms with E-state index in [1.807, 2.05) is 24.3 Å². The summed E-state index contributed by atoms with van der Waals surface area (Å²) in [7, 11) is 0. The average molecular weight is 230 g/mol. The predicted molar refractivity (Wildman–Crippen MR) is 63.9 cm³/mol. The van der Waals surface area contributed by atoms with Crippen LogP contribution in [-0.2, 0) is 4.79 Å². The molecule has 0 spiro atoms. The molecule has 0 aromatic heterocycles. The highest BCUT2D eigenvalue weighted by molar-refractivity contribution is 6.13. The Morgan fingerprint density at radius 1 is 1.06 bits per heavy atom. The van der Waals surface area contributed by atoms with Crippen LogP contribution in [-0.4, -0.2) is 17.7 Å². The third kappa shape index (κ3) is 2.23. The fourth-order valence-electron chi connectivity index (χ4n) is 1.67. The number of ketones is 2. The number of rotatable bonds is 3. The van der Waals surface area contributed by atoms with Crippen molar-refractivity contribution in [2.45, 2.75) is 13.1 Å². The molecule has 86 valence electrons. The number of Topliss-reactive ketones (excluding diaryl/α,β-unsaturated/α-hetero) is 2. The Labute approximate surface area is 98.1 Å². The first-order valence-electron chi connectivity index (χ1n) is 5.27. The van der Waals surface area contributed by atoms with Crippen molar-refractivity contribution in [1.82, 2.24) is 0 Å². The second-order valence-electron chi connectivity index (χ2n) is 3.90. The maximum Gasteiger partial charge on any atom is 0.220 e. The Bertz CT molecular complexity index is 590. The van der Waals surface area contributed by atoms with Crippen molar-refractivity contribution in [3.05, 3.63) is 48.0 Å². The SMILES string of the molecule is CC(=O)C(F)C(=O)c1ccc2ccccc2c1. The van der Waals surface area contributed by atoms with E-state index in [1.54, 1.807) is 18.2 Å². The number of hydrogen-bond acceptors (Lipinski definition) is 2. The van der Waals surface area contributed by atoms with Crippen molar-refractivity contribution in [3.63, 3.8) is 0 Å². The average Bonchev–Trinajstić information content (AvgIpc) is 2.36. The number of carbonyl (C=O) groups is 2. The molecule has 0 radical (unpaired) electrons. The Morgan fingerprint density at radius 3 is 2.35 bits per heavy atom. The number of fused-ring (bicyclic) bond motifs is 1. The zero-order valence-corrected chi connectivity index (χ0v) is 9.31. The van der Waals surface area contributed by atoms with Crippen LogP contribution in [0.2, 0.25) is 0 Å². The quantitative estimate of drug-likeness (QED) is 0.600. The summed E-state index contributed by atoms with van der Waals surface area (Å²) in [5.74, 6) is -1.54. The first kappa shape index (κ1) is 11.5. The van der Waals surface area contributed by atoms with Gasteiger partial charge < -0.3 is 0 Å². The fraction of sp³-hybridized carbons (Fsp3) is 0.143. The first-order chi connectivity index (χ1) is 8.09. The standard InChI is InChI=1S/C14H11FO2/c1-9(16)13(15)14(17)12-7-6-10-4-2-3-5-11(10)8-12/h2-8,13H,1H3. The Kier molecular flexibility index (Phi) is 3.00. The van der Waals surface area contributed by atoms with E-state index in [1.165, 1.54) is 0 Å². The second-order valence-corrected chi connectivity index (χ2v) is 3.90. The molecular weight excluding hydrogens is 219 g/mol. The molecule has 3 heteroatoms. The van der Waals surface area contributed by atoms with Gasteiger partial charge in [-0.2, -0.15) is 0 Å². The molecule has 1 unspecified atom stereocenters. The van der Waals surface area contributed by atoms with E-state index in [9.17, 15) is 14.0 Å². The molecule has 17 heavy (non-hydrogen) atoms. The van der Waals surface area contributed by atoms with Crippen LogP contribution in [0.25, 0.3) is 10.8 Å². The molecule has 2 rings (SSSR count). The molecule has 0 amide bonds. The minimum Gasteiger partial charge on any atom is -0.296 e. The molecule has 2 aromatic rings. The third-order valence-corrected chi connectivity index (χ3v) is 2.62. The summed E-state index contributed by atoms with van der Waals surface area (Å²) < 4.78 is 13.3. The van der Waals surface area contributed by atoms with Crippen molar-refractivity contribution in [2.75, 3.05) is 0 Å². The van der Waals surface area contributed by atoms with E-state index in [0.717, 1.165) is 17.7 Å². The van der Waals surface area contributed by atoms with Crippen LogP contribution in [0.1, 0.15) is 17.3 Å². The van der Waals surface area contributed by atoms with Crippen molar-refractivity contribution in [3.8, 4) is 0 Å². The molecule has 0 N–H and O–H groups in total. The summed E-state index contributed by atoms with van der Waals surface area (Å²) in [4.78, 5) is 22.5. The number of alkyl halides is 1. The van der Waals surface area contributed by atoms with Gasteiger partial charge in [-0.15, -0.1) is 0 Å². The molecule has 2 nitrogen and oxygen atoms in total. The van der Waals surface area contributed by atoms with Crippen molar-refractivity contribution < 1.29 is 14.0 Å². The van der Waals surface area contributed by atoms with Gasteiger partial charge in [-0.3, -0.25) is 9.59 Å². The molecule has 0 aliphatic heterocycles. The zero-order chi connectivity index (χ0) is 12.4. The fourth-order valence-corrected chi connectivity index (χ4v) is 1.67. The summed E-state index contributed by atoms with van der Waals surface area (Å²) in [6.45, 7) is 1.07. The molecule has 0 saturated carbocycles. The maximum absolute atomic E-state index is 13.3. The summed E-state index contributed by atoms with van der Waals surface area (Å²) in [6.07, 6.45) is -2.06. The lowest BCUT2D eigenvalue weighted by atomic mass is 10.0. The molecule has 0 aliphatic rings. The smallest absolute Gasteiger partial charge is 0.220 e. The van der Waals surface area contributed by atoms with Gasteiger partial charge in [0.25, 0.3) is 0 Å². The van der Waals surface area contributed by atoms with Gasteiger partial charge >= 0.3 is 0 Å². The first-order valence-corrected chi connectivity index (χ1v) is 5.27. The molecule has 1 atom stereocenters. The van der Waals surface area contributed by atoms with Gasteiger partial charge in [0, 0.05) is 5.56 Å². The highest BCUT2D eigenvalue weighted by Crippen LogP contribution is 2.17. The topological polar surface area (TPSA) is 34.1 Å². The Morgan fingerprint density at radius 2 is 1.71 bits per heavy atom. The predicted octanol–water partition coefficient (Wildman–Crippen LogP) is 2.95. The van der Waals surface area contributed by atoms with Crippen LogP contribution in [0, 0.1) is 0 Å². The van der Waals surface area contributed by atoms with E-state index in [0.29, 0.717) is 0 Å². The van der Waals surface area contributed by atoms with Crippen LogP contribution in [0.15, 0.2) is 42.5 Å². The van der Waals surface area contributed by atoms with Crippen molar-refractivity contribution in [1.29, 1.82) is 0 Å². The summed E-state index contributed by atoms with van der Waals surface area (Å²) >= 11 is 0. The lowest BCUT2D eigenvalue weighted by Gasteiger charge is -2.05. The van der Waals surface area contributed by atoms with E-state index < -0.39 is 17.7 Å². The number of hydrogen-bond donors (Lipinski definition) is 0. The van der Waals surface area contributed by atoms with Gasteiger partial charge in [-0.05, 0) is 23.8 Å². The Hall–Kier alpha value is -2.03. The maximum atomic E-state index is 13.3. The van der Waals surface area contributed by atoms with Crippen molar-refractivity contribution >= 4 is 22.3 Å². The van der Waals surface area contributed by atoms with E-state index in [-0.39, 0.29) is 5.56 Å². The van der Waals surface area contributed by atoms with Crippen molar-refractivity contribution in [2.24, 2.45) is 0 Å². The van der Waals surface area contributed by atoms with Crippen LogP contribution in [0.5, 0.6) is 0 Å². The Balaban J connectivity index is 2.43. The van der Waals surface area contributed by atoms with E-state index >= 15 is 0 Å². The van der Waals surface area contributed by atoms with Gasteiger partial charge in [0.2, 0.25) is 12.0 Å². The normalized spacial score (nSPS) is 12.4. The van der Waals surface area contributed by atoms with Crippen LogP contribution < -0.4 is 0 Å². The van der Waals surface area contributed by atoms with E-state index in [2.05, 4.69) is 0 Å². The number of halogens is 1. The van der Waals surface area contributed by atoms with Gasteiger partial charge in [0.1, 0.15) is 0 Å². The van der Waals surface area contributed by atoms with Gasteiger partial charge in [-0.25, -0.2) is 4.39 Å². The van der Waals surface area contributed by atoms with Gasteiger partial charge in [0.15, 0.2) is 5.78 Å². The second kappa shape index (κ2) is 4.45. The molecule has 0 heterocycles. The third-order valence-electron chi connectivity index (χ3n) is 2.62. The highest BCUT2D eigenvalue weighted by atomic mass is 19.1. The van der Waals surface area contributed by atoms with Gasteiger partial charge in [0.05, 0.1) is 0 Å². The highest BCUT2D eigenvalue weighted by Gasteiger charge is 2.23. The molecule has 0 fully saturated rings. The monoisotopic (exact) mass is 230 g/mol. The molecule has 0 bridgehead atoms. The van der Waals surface area contributed by atoms with Crippen LogP contribution in [0.4, 0.5) is 4.39 Å².